The maximum atomic E-state index is 12.3. The third-order valence-corrected chi connectivity index (χ3v) is 4.08. The number of carbonyl (C=O) groups excluding carboxylic acids is 1. The maximum Gasteiger partial charge on any atom is 0.341 e. The summed E-state index contributed by atoms with van der Waals surface area (Å²) < 4.78 is 5.13. The Morgan fingerprint density at radius 2 is 2.12 bits per heavy atom. The van der Waals surface area contributed by atoms with E-state index in [4.69, 9.17) is 27.9 Å². The van der Waals surface area contributed by atoms with Crippen LogP contribution in [-0.2, 0) is 11.3 Å². The number of hydrogen-bond acceptors (Lipinski definition) is 5. The van der Waals surface area contributed by atoms with E-state index in [0.717, 1.165) is 5.56 Å². The normalized spacial score (nSPS) is 10.7. The SMILES string of the molecule is CCOC(=O)c1cnc2c(Cl)cc(Cl)cc2c1NCc1cccnc1. The number of anilines is 1. The van der Waals surface area contributed by atoms with Gasteiger partial charge in [0, 0.05) is 35.5 Å². The van der Waals surface area contributed by atoms with Crippen LogP contribution in [0, 0.1) is 0 Å². The summed E-state index contributed by atoms with van der Waals surface area (Å²) in [4.78, 5) is 20.7. The molecule has 1 N–H and O–H groups in total. The predicted octanol–water partition coefficient (Wildman–Crippen LogP) is 4.73. The molecule has 0 spiro atoms. The molecule has 128 valence electrons. The van der Waals surface area contributed by atoms with Crippen LogP contribution in [0.4, 0.5) is 5.69 Å². The monoisotopic (exact) mass is 375 g/mol. The lowest BCUT2D eigenvalue weighted by atomic mass is 10.1. The molecule has 0 radical (unpaired) electrons. The molecule has 2 aromatic heterocycles. The fourth-order valence-corrected chi connectivity index (χ4v) is 3.02. The van der Waals surface area contributed by atoms with Crippen LogP contribution < -0.4 is 5.32 Å². The second-order valence-electron chi connectivity index (χ2n) is 5.27. The van der Waals surface area contributed by atoms with E-state index in [1.54, 1.807) is 31.5 Å². The van der Waals surface area contributed by atoms with E-state index in [1.165, 1.54) is 6.20 Å². The van der Waals surface area contributed by atoms with Crippen LogP contribution in [0.3, 0.4) is 0 Å². The number of ether oxygens (including phenoxy) is 1. The zero-order chi connectivity index (χ0) is 17.8. The minimum absolute atomic E-state index is 0.273. The average molecular weight is 376 g/mol. The summed E-state index contributed by atoms with van der Waals surface area (Å²) >= 11 is 12.4. The highest BCUT2D eigenvalue weighted by Crippen LogP contribution is 2.33. The first kappa shape index (κ1) is 17.5. The van der Waals surface area contributed by atoms with E-state index in [9.17, 15) is 4.79 Å². The van der Waals surface area contributed by atoms with Gasteiger partial charge in [0.05, 0.1) is 22.8 Å². The Kier molecular flexibility index (Phi) is 5.36. The van der Waals surface area contributed by atoms with Crippen molar-refractivity contribution in [3.63, 3.8) is 0 Å². The van der Waals surface area contributed by atoms with Gasteiger partial charge in [-0.15, -0.1) is 0 Å². The van der Waals surface area contributed by atoms with Gasteiger partial charge in [0.15, 0.2) is 0 Å². The van der Waals surface area contributed by atoms with Crippen molar-refractivity contribution >= 4 is 45.8 Å². The molecule has 25 heavy (non-hydrogen) atoms. The van der Waals surface area contributed by atoms with Gasteiger partial charge in [-0.1, -0.05) is 29.3 Å². The van der Waals surface area contributed by atoms with Gasteiger partial charge in [-0.05, 0) is 30.7 Å². The Morgan fingerprint density at radius 1 is 1.28 bits per heavy atom. The van der Waals surface area contributed by atoms with Gasteiger partial charge in [0.1, 0.15) is 5.56 Å². The van der Waals surface area contributed by atoms with Crippen LogP contribution in [-0.4, -0.2) is 22.5 Å². The second-order valence-corrected chi connectivity index (χ2v) is 6.11. The zero-order valence-electron chi connectivity index (χ0n) is 13.4. The quantitative estimate of drug-likeness (QED) is 0.653. The number of rotatable bonds is 5. The molecule has 0 bridgehead atoms. The summed E-state index contributed by atoms with van der Waals surface area (Å²) in [5, 5.41) is 4.81. The molecule has 1 aromatic carbocycles. The van der Waals surface area contributed by atoms with Crippen molar-refractivity contribution < 1.29 is 9.53 Å². The number of fused-ring (bicyclic) bond motifs is 1. The van der Waals surface area contributed by atoms with Gasteiger partial charge in [0.25, 0.3) is 0 Å². The Morgan fingerprint density at radius 3 is 2.84 bits per heavy atom. The predicted molar refractivity (Wildman–Crippen MR) is 99.3 cm³/mol. The summed E-state index contributed by atoms with van der Waals surface area (Å²) in [6, 6.07) is 7.13. The number of esters is 1. The maximum absolute atomic E-state index is 12.3. The number of hydrogen-bond donors (Lipinski definition) is 1. The number of nitrogens with zero attached hydrogens (tertiary/aromatic N) is 2. The molecule has 0 aliphatic carbocycles. The van der Waals surface area contributed by atoms with Crippen LogP contribution in [0.5, 0.6) is 0 Å². The summed E-state index contributed by atoms with van der Waals surface area (Å²) in [7, 11) is 0. The highest BCUT2D eigenvalue weighted by Gasteiger charge is 2.18. The van der Waals surface area contributed by atoms with Gasteiger partial charge < -0.3 is 10.1 Å². The number of nitrogens with one attached hydrogen (secondary N) is 1. The lowest BCUT2D eigenvalue weighted by Gasteiger charge is -2.15. The molecule has 0 amide bonds. The van der Waals surface area contributed by atoms with E-state index < -0.39 is 5.97 Å². The lowest BCUT2D eigenvalue weighted by Crippen LogP contribution is -2.11. The van der Waals surface area contributed by atoms with Crippen molar-refractivity contribution in [1.82, 2.24) is 9.97 Å². The molecule has 3 aromatic rings. The van der Waals surface area contributed by atoms with Crippen molar-refractivity contribution in [2.24, 2.45) is 0 Å². The number of halogens is 2. The van der Waals surface area contributed by atoms with Gasteiger partial charge in [-0.25, -0.2) is 4.79 Å². The van der Waals surface area contributed by atoms with E-state index in [-0.39, 0.29) is 6.61 Å². The lowest BCUT2D eigenvalue weighted by molar-refractivity contribution is 0.0527. The van der Waals surface area contributed by atoms with Crippen molar-refractivity contribution in [3.8, 4) is 0 Å². The summed E-state index contributed by atoms with van der Waals surface area (Å²) in [6.07, 6.45) is 4.92. The minimum Gasteiger partial charge on any atom is -0.462 e. The highest BCUT2D eigenvalue weighted by molar-refractivity contribution is 6.38. The summed E-state index contributed by atoms with van der Waals surface area (Å²) in [5.74, 6) is -0.457. The topological polar surface area (TPSA) is 64.1 Å². The Hall–Kier alpha value is -2.37. The molecule has 3 rings (SSSR count). The molecular formula is C18H15Cl2N3O2. The van der Waals surface area contributed by atoms with Crippen LogP contribution in [0.2, 0.25) is 10.0 Å². The fourth-order valence-electron chi connectivity index (χ4n) is 2.47. The van der Waals surface area contributed by atoms with Crippen LogP contribution in [0.15, 0.2) is 42.9 Å². The third kappa shape index (κ3) is 3.83. The molecule has 2 heterocycles. The molecule has 5 nitrogen and oxygen atoms in total. The smallest absolute Gasteiger partial charge is 0.341 e. The Balaban J connectivity index is 2.09. The molecule has 0 aliphatic rings. The number of carbonyl (C=O) groups is 1. The molecule has 0 unspecified atom stereocenters. The molecule has 0 fully saturated rings. The first-order chi connectivity index (χ1) is 12.1. The molecule has 0 aliphatic heterocycles. The Labute approximate surface area is 155 Å². The van der Waals surface area contributed by atoms with Gasteiger partial charge in [-0.2, -0.15) is 0 Å². The molecule has 7 heteroatoms. The van der Waals surface area contributed by atoms with Gasteiger partial charge >= 0.3 is 5.97 Å². The molecule has 0 atom stereocenters. The number of benzene rings is 1. The first-order valence-corrected chi connectivity index (χ1v) is 8.43. The third-order valence-electron chi connectivity index (χ3n) is 3.58. The van der Waals surface area contributed by atoms with Crippen molar-refractivity contribution in [2.75, 3.05) is 11.9 Å². The van der Waals surface area contributed by atoms with E-state index in [0.29, 0.717) is 38.7 Å². The van der Waals surface area contributed by atoms with Gasteiger partial charge in [0.2, 0.25) is 0 Å². The van der Waals surface area contributed by atoms with E-state index in [1.807, 2.05) is 12.1 Å². The van der Waals surface area contributed by atoms with Crippen LogP contribution in [0.1, 0.15) is 22.8 Å². The standard InChI is InChI=1S/C18H15Cl2N3O2/c1-2-25-18(24)14-10-23-17-13(6-12(19)7-15(17)20)16(14)22-9-11-4-3-5-21-8-11/h3-8,10H,2,9H2,1H3,(H,22,23). The molecular weight excluding hydrogens is 361 g/mol. The van der Waals surface area contributed by atoms with E-state index in [2.05, 4.69) is 15.3 Å². The van der Waals surface area contributed by atoms with E-state index >= 15 is 0 Å². The first-order valence-electron chi connectivity index (χ1n) is 7.67. The molecule has 0 saturated carbocycles. The van der Waals surface area contributed by atoms with Crippen LogP contribution in [0.25, 0.3) is 10.9 Å². The fraction of sp³-hybridized carbons (Fsp3) is 0.167. The number of pyridine rings is 2. The number of aromatic nitrogens is 2. The summed E-state index contributed by atoms with van der Waals surface area (Å²) in [5.41, 5.74) is 2.44. The van der Waals surface area contributed by atoms with Crippen molar-refractivity contribution in [2.45, 2.75) is 13.5 Å². The van der Waals surface area contributed by atoms with Crippen molar-refractivity contribution in [3.05, 3.63) is 64.0 Å². The average Bonchev–Trinajstić information content (AvgIpc) is 2.60. The second kappa shape index (κ2) is 7.68. The minimum atomic E-state index is -0.457. The van der Waals surface area contributed by atoms with Gasteiger partial charge in [-0.3, -0.25) is 9.97 Å². The molecule has 0 saturated heterocycles. The summed E-state index contributed by atoms with van der Waals surface area (Å²) in [6.45, 7) is 2.50. The largest absolute Gasteiger partial charge is 0.462 e. The zero-order valence-corrected chi connectivity index (χ0v) is 14.9. The highest BCUT2D eigenvalue weighted by atomic mass is 35.5. The Bertz CT molecular complexity index is 917. The van der Waals surface area contributed by atoms with Crippen molar-refractivity contribution in [1.29, 1.82) is 0 Å². The van der Waals surface area contributed by atoms with Crippen LogP contribution >= 0.6 is 23.2 Å².